The number of amides is 1. The van der Waals surface area contributed by atoms with Gasteiger partial charge in [-0.2, -0.15) is 0 Å². The Morgan fingerprint density at radius 3 is 2.62 bits per heavy atom. The van der Waals surface area contributed by atoms with Gasteiger partial charge in [0.25, 0.3) is 0 Å². The Kier molecular flexibility index (Phi) is 6.42. The number of carbonyl (C=O) groups is 1. The van der Waals surface area contributed by atoms with Gasteiger partial charge >= 0.3 is 0 Å². The molecule has 0 radical (unpaired) electrons. The van der Waals surface area contributed by atoms with E-state index in [-0.39, 0.29) is 5.91 Å². The van der Waals surface area contributed by atoms with Crippen LogP contribution >= 0.6 is 0 Å². The van der Waals surface area contributed by atoms with Crippen LogP contribution in [0.25, 0.3) is 0 Å². The smallest absolute Gasteiger partial charge is 0.235 e. The molecule has 0 aromatic carbocycles. The Bertz CT molecular complexity index is 202. The lowest BCUT2D eigenvalue weighted by Gasteiger charge is -2.27. The van der Waals surface area contributed by atoms with Crippen LogP contribution in [0.2, 0.25) is 0 Å². The summed E-state index contributed by atoms with van der Waals surface area (Å²) in [4.78, 5) is 11.6. The molecule has 0 aromatic heterocycles. The van der Waals surface area contributed by atoms with Gasteiger partial charge in [-0.05, 0) is 26.2 Å². The molecule has 0 aliphatic carbocycles. The van der Waals surface area contributed by atoms with E-state index in [9.17, 15) is 4.79 Å². The number of rotatable bonds is 6. The van der Waals surface area contributed by atoms with Crippen molar-refractivity contribution in [2.75, 3.05) is 19.6 Å². The van der Waals surface area contributed by atoms with Crippen LogP contribution in [0.5, 0.6) is 0 Å². The van der Waals surface area contributed by atoms with Crippen LogP contribution in [0, 0.1) is 0 Å². The van der Waals surface area contributed by atoms with Crippen molar-refractivity contribution in [3.63, 3.8) is 0 Å². The molecule has 1 amide bonds. The van der Waals surface area contributed by atoms with Crippen molar-refractivity contribution in [1.82, 2.24) is 15.8 Å². The van der Waals surface area contributed by atoms with E-state index >= 15 is 0 Å². The fourth-order valence-corrected chi connectivity index (χ4v) is 2.07. The van der Waals surface area contributed by atoms with Gasteiger partial charge < -0.3 is 5.32 Å². The Labute approximate surface area is 98.7 Å². The highest BCUT2D eigenvalue weighted by atomic mass is 16.2. The molecule has 0 saturated carbocycles. The van der Waals surface area contributed by atoms with Gasteiger partial charge in [-0.15, -0.1) is 0 Å². The Morgan fingerprint density at radius 1 is 1.31 bits per heavy atom. The predicted octanol–water partition coefficient (Wildman–Crippen LogP) is 1.28. The number of hydrazine groups is 1. The predicted molar refractivity (Wildman–Crippen MR) is 65.9 cm³/mol. The molecular formula is C12H25N3O. The minimum Gasteiger partial charge on any atom is -0.352 e. The first-order chi connectivity index (χ1) is 7.72. The van der Waals surface area contributed by atoms with Crippen LogP contribution in [0.3, 0.4) is 0 Å². The van der Waals surface area contributed by atoms with E-state index < -0.39 is 0 Å². The lowest BCUT2D eigenvalue weighted by atomic mass is 10.2. The van der Waals surface area contributed by atoms with Gasteiger partial charge in [0.1, 0.15) is 0 Å². The molecule has 1 aliphatic heterocycles. The third kappa shape index (κ3) is 5.47. The normalized spacial score (nSPS) is 19.4. The number of nitrogens with zero attached hydrogens (tertiary/aromatic N) is 1. The maximum atomic E-state index is 11.6. The lowest BCUT2D eigenvalue weighted by molar-refractivity contribution is -0.121. The molecule has 1 saturated heterocycles. The summed E-state index contributed by atoms with van der Waals surface area (Å²) in [6.07, 6.45) is 5.95. The molecular weight excluding hydrogens is 202 g/mol. The van der Waals surface area contributed by atoms with E-state index in [2.05, 4.69) is 29.6 Å². The molecule has 1 aliphatic rings. The third-order valence-corrected chi connectivity index (χ3v) is 2.95. The zero-order valence-corrected chi connectivity index (χ0v) is 10.6. The van der Waals surface area contributed by atoms with Gasteiger partial charge in [0.2, 0.25) is 5.91 Å². The summed E-state index contributed by atoms with van der Waals surface area (Å²) in [5.74, 6) is 0.103. The van der Waals surface area contributed by atoms with Gasteiger partial charge in [-0.1, -0.05) is 19.8 Å². The summed E-state index contributed by atoms with van der Waals surface area (Å²) in [7, 11) is 0. The van der Waals surface area contributed by atoms with E-state index in [0.29, 0.717) is 12.6 Å². The highest BCUT2D eigenvalue weighted by molar-refractivity contribution is 5.78. The molecule has 0 aromatic rings. The molecule has 16 heavy (non-hydrogen) atoms. The maximum absolute atomic E-state index is 11.6. The molecule has 2 N–H and O–H groups in total. The first kappa shape index (κ1) is 13.5. The Balaban J connectivity index is 2.09. The molecule has 0 spiro atoms. The number of piperidine rings is 1. The summed E-state index contributed by atoms with van der Waals surface area (Å²) in [5.41, 5.74) is 3.19. The van der Waals surface area contributed by atoms with Crippen molar-refractivity contribution >= 4 is 5.91 Å². The highest BCUT2D eigenvalue weighted by Crippen LogP contribution is 2.05. The Hall–Kier alpha value is -0.610. The van der Waals surface area contributed by atoms with Gasteiger partial charge in [0.15, 0.2) is 0 Å². The van der Waals surface area contributed by atoms with Crippen molar-refractivity contribution in [3.05, 3.63) is 0 Å². The number of hydrogen-bond donors (Lipinski definition) is 2. The largest absolute Gasteiger partial charge is 0.352 e. The SMILES string of the molecule is CCCC(C)NC(=O)CNN1CCCCC1. The minimum atomic E-state index is 0.103. The molecule has 1 fully saturated rings. The zero-order valence-electron chi connectivity index (χ0n) is 10.6. The van der Waals surface area contributed by atoms with Crippen LogP contribution < -0.4 is 10.7 Å². The summed E-state index contributed by atoms with van der Waals surface area (Å²) < 4.78 is 0. The lowest BCUT2D eigenvalue weighted by Crippen LogP contribution is -2.47. The summed E-state index contributed by atoms with van der Waals surface area (Å²) in [5, 5.41) is 5.15. The topological polar surface area (TPSA) is 44.4 Å². The molecule has 4 heteroatoms. The average molecular weight is 227 g/mol. The molecule has 1 heterocycles. The second kappa shape index (κ2) is 7.63. The van der Waals surface area contributed by atoms with Crippen LogP contribution in [0.1, 0.15) is 46.0 Å². The fraction of sp³-hybridized carbons (Fsp3) is 0.917. The third-order valence-electron chi connectivity index (χ3n) is 2.95. The first-order valence-electron chi connectivity index (χ1n) is 6.50. The number of hydrogen-bond acceptors (Lipinski definition) is 3. The number of carbonyl (C=O) groups excluding carboxylic acids is 1. The zero-order chi connectivity index (χ0) is 11.8. The second-order valence-corrected chi connectivity index (χ2v) is 4.64. The van der Waals surface area contributed by atoms with Crippen LogP contribution in [-0.2, 0) is 4.79 Å². The highest BCUT2D eigenvalue weighted by Gasteiger charge is 2.11. The van der Waals surface area contributed by atoms with E-state index in [4.69, 9.17) is 0 Å². The van der Waals surface area contributed by atoms with Crippen LogP contribution in [-0.4, -0.2) is 36.6 Å². The quantitative estimate of drug-likeness (QED) is 0.718. The van der Waals surface area contributed by atoms with E-state index in [1.807, 2.05) is 0 Å². The van der Waals surface area contributed by atoms with E-state index in [1.165, 1.54) is 19.3 Å². The second-order valence-electron chi connectivity index (χ2n) is 4.64. The average Bonchev–Trinajstić information content (AvgIpc) is 2.28. The van der Waals surface area contributed by atoms with E-state index in [1.54, 1.807) is 0 Å². The minimum absolute atomic E-state index is 0.103. The maximum Gasteiger partial charge on any atom is 0.235 e. The monoisotopic (exact) mass is 227 g/mol. The summed E-state index contributed by atoms with van der Waals surface area (Å²) in [6, 6.07) is 0.292. The van der Waals surface area contributed by atoms with Gasteiger partial charge in [0, 0.05) is 19.1 Å². The van der Waals surface area contributed by atoms with Crippen molar-refractivity contribution < 1.29 is 4.79 Å². The van der Waals surface area contributed by atoms with Crippen molar-refractivity contribution in [3.8, 4) is 0 Å². The van der Waals surface area contributed by atoms with Crippen LogP contribution in [0.15, 0.2) is 0 Å². The standard InChI is InChI=1S/C12H25N3O/c1-3-7-11(2)14-12(16)10-13-15-8-5-4-6-9-15/h11,13H,3-10H2,1-2H3,(H,14,16). The molecule has 1 atom stereocenters. The summed E-state index contributed by atoms with van der Waals surface area (Å²) >= 11 is 0. The molecule has 1 unspecified atom stereocenters. The number of nitrogens with one attached hydrogen (secondary N) is 2. The van der Waals surface area contributed by atoms with Gasteiger partial charge in [-0.3, -0.25) is 4.79 Å². The Morgan fingerprint density at radius 2 is 2.00 bits per heavy atom. The van der Waals surface area contributed by atoms with E-state index in [0.717, 1.165) is 25.9 Å². The van der Waals surface area contributed by atoms with Gasteiger partial charge in [0.05, 0.1) is 6.54 Å². The molecule has 4 nitrogen and oxygen atoms in total. The fourth-order valence-electron chi connectivity index (χ4n) is 2.07. The summed E-state index contributed by atoms with van der Waals surface area (Å²) in [6.45, 7) is 6.74. The van der Waals surface area contributed by atoms with Crippen LogP contribution in [0.4, 0.5) is 0 Å². The van der Waals surface area contributed by atoms with Crippen molar-refractivity contribution in [2.45, 2.75) is 52.0 Å². The first-order valence-corrected chi connectivity index (χ1v) is 6.50. The molecule has 1 rings (SSSR count). The van der Waals surface area contributed by atoms with Crippen molar-refractivity contribution in [1.29, 1.82) is 0 Å². The van der Waals surface area contributed by atoms with Crippen molar-refractivity contribution in [2.24, 2.45) is 0 Å². The van der Waals surface area contributed by atoms with Gasteiger partial charge in [-0.25, -0.2) is 10.4 Å². The molecule has 94 valence electrons. The molecule has 0 bridgehead atoms.